The molecule has 1 fully saturated rings. The van der Waals surface area contributed by atoms with Gasteiger partial charge in [0.25, 0.3) is 0 Å². The van der Waals surface area contributed by atoms with E-state index >= 15 is 0 Å². The van der Waals surface area contributed by atoms with E-state index in [1.807, 2.05) is 5.38 Å². The first-order valence-electron chi connectivity index (χ1n) is 4.56. The van der Waals surface area contributed by atoms with E-state index < -0.39 is 0 Å². The Kier molecular flexibility index (Phi) is 2.28. The molecule has 0 bridgehead atoms. The Bertz CT molecular complexity index is 357. The summed E-state index contributed by atoms with van der Waals surface area (Å²) in [5.74, 6) is 0. The molecule has 4 nitrogen and oxygen atoms in total. The number of nitro groups is 1. The van der Waals surface area contributed by atoms with Crippen molar-refractivity contribution in [3.63, 3.8) is 0 Å². The van der Waals surface area contributed by atoms with Crippen molar-refractivity contribution in [3.8, 4) is 0 Å². The SMILES string of the molecule is CC1(NCc2csc([N+](=O)[O-])c2)CC1. The third-order valence-corrected chi connectivity index (χ3v) is 3.47. The highest BCUT2D eigenvalue weighted by molar-refractivity contribution is 7.13. The van der Waals surface area contributed by atoms with Gasteiger partial charge in [-0.2, -0.15) is 0 Å². The molecule has 0 amide bonds. The van der Waals surface area contributed by atoms with Crippen LogP contribution in [0.4, 0.5) is 5.00 Å². The number of nitrogens with zero attached hydrogens (tertiary/aromatic N) is 1. The van der Waals surface area contributed by atoms with Gasteiger partial charge in [-0.1, -0.05) is 11.3 Å². The fourth-order valence-electron chi connectivity index (χ4n) is 1.23. The minimum atomic E-state index is -0.340. The van der Waals surface area contributed by atoms with Crippen molar-refractivity contribution < 1.29 is 4.92 Å². The van der Waals surface area contributed by atoms with Crippen molar-refractivity contribution in [3.05, 3.63) is 27.1 Å². The van der Waals surface area contributed by atoms with E-state index in [4.69, 9.17) is 0 Å². The van der Waals surface area contributed by atoms with Crippen LogP contribution in [0.3, 0.4) is 0 Å². The van der Waals surface area contributed by atoms with Gasteiger partial charge >= 0.3 is 5.00 Å². The van der Waals surface area contributed by atoms with Crippen LogP contribution in [0.2, 0.25) is 0 Å². The summed E-state index contributed by atoms with van der Waals surface area (Å²) in [5.41, 5.74) is 1.30. The summed E-state index contributed by atoms with van der Waals surface area (Å²) in [4.78, 5) is 10.1. The molecule has 0 aliphatic heterocycles. The molecule has 5 heteroatoms. The maximum atomic E-state index is 10.4. The highest BCUT2D eigenvalue weighted by Gasteiger charge is 2.36. The predicted octanol–water partition coefficient (Wildman–Crippen LogP) is 2.30. The molecule has 76 valence electrons. The number of hydrogen-bond acceptors (Lipinski definition) is 4. The van der Waals surface area contributed by atoms with Crippen LogP contribution in [0.15, 0.2) is 11.4 Å². The van der Waals surface area contributed by atoms with Crippen molar-refractivity contribution in [1.82, 2.24) is 5.32 Å². The summed E-state index contributed by atoms with van der Waals surface area (Å²) in [5, 5.41) is 15.9. The zero-order valence-corrected chi connectivity index (χ0v) is 8.76. The van der Waals surface area contributed by atoms with Crippen LogP contribution in [0.5, 0.6) is 0 Å². The Hall–Kier alpha value is -0.940. The van der Waals surface area contributed by atoms with Crippen LogP contribution in [0.1, 0.15) is 25.3 Å². The first-order valence-corrected chi connectivity index (χ1v) is 5.44. The molecule has 14 heavy (non-hydrogen) atoms. The normalized spacial score (nSPS) is 18.1. The van der Waals surface area contributed by atoms with Gasteiger partial charge in [0.2, 0.25) is 0 Å². The van der Waals surface area contributed by atoms with Gasteiger partial charge in [0.05, 0.1) is 4.92 Å². The van der Waals surface area contributed by atoms with Crippen LogP contribution < -0.4 is 5.32 Å². The number of hydrogen-bond donors (Lipinski definition) is 1. The number of rotatable bonds is 4. The molecule has 1 saturated carbocycles. The summed E-state index contributed by atoms with van der Waals surface area (Å²) in [7, 11) is 0. The first kappa shape index (κ1) is 9.61. The predicted molar refractivity (Wildman–Crippen MR) is 55.5 cm³/mol. The third kappa shape index (κ3) is 2.10. The number of thiophene rings is 1. The summed E-state index contributed by atoms with van der Waals surface area (Å²) in [6.07, 6.45) is 2.42. The monoisotopic (exact) mass is 212 g/mol. The maximum Gasteiger partial charge on any atom is 0.324 e. The minimum Gasteiger partial charge on any atom is -0.307 e. The van der Waals surface area contributed by atoms with Gasteiger partial charge in [-0.25, -0.2) is 0 Å². The zero-order valence-electron chi connectivity index (χ0n) is 7.95. The second-order valence-corrected chi connectivity index (χ2v) is 4.85. The Balaban J connectivity index is 1.93. The van der Waals surface area contributed by atoms with Gasteiger partial charge in [0.1, 0.15) is 0 Å². The Morgan fingerprint density at radius 1 is 1.71 bits per heavy atom. The molecular formula is C9H12N2O2S. The van der Waals surface area contributed by atoms with Crippen LogP contribution >= 0.6 is 11.3 Å². The van der Waals surface area contributed by atoms with Gasteiger partial charge in [-0.05, 0) is 25.3 Å². The van der Waals surface area contributed by atoms with Crippen molar-refractivity contribution in [2.75, 3.05) is 0 Å². The van der Waals surface area contributed by atoms with E-state index in [2.05, 4.69) is 12.2 Å². The Morgan fingerprint density at radius 2 is 2.43 bits per heavy atom. The second kappa shape index (κ2) is 3.33. The van der Waals surface area contributed by atoms with E-state index in [-0.39, 0.29) is 15.5 Å². The lowest BCUT2D eigenvalue weighted by Gasteiger charge is -2.08. The molecular weight excluding hydrogens is 200 g/mol. The van der Waals surface area contributed by atoms with Gasteiger partial charge in [0, 0.05) is 23.5 Å². The van der Waals surface area contributed by atoms with E-state index in [0.717, 1.165) is 12.1 Å². The van der Waals surface area contributed by atoms with E-state index in [1.54, 1.807) is 6.07 Å². The molecule has 1 aliphatic carbocycles. The molecule has 0 atom stereocenters. The lowest BCUT2D eigenvalue weighted by atomic mass is 10.3. The van der Waals surface area contributed by atoms with Crippen LogP contribution in [0.25, 0.3) is 0 Å². The molecule has 1 aliphatic rings. The van der Waals surface area contributed by atoms with Gasteiger partial charge < -0.3 is 5.32 Å². The quantitative estimate of drug-likeness (QED) is 0.615. The largest absolute Gasteiger partial charge is 0.324 e. The van der Waals surface area contributed by atoms with Crippen molar-refractivity contribution >= 4 is 16.3 Å². The van der Waals surface area contributed by atoms with E-state index in [0.29, 0.717) is 0 Å². The molecule has 0 aromatic carbocycles. The fraction of sp³-hybridized carbons (Fsp3) is 0.556. The van der Waals surface area contributed by atoms with E-state index in [1.165, 1.54) is 24.2 Å². The molecule has 0 saturated heterocycles. The maximum absolute atomic E-state index is 10.4. The lowest BCUT2D eigenvalue weighted by Crippen LogP contribution is -2.26. The van der Waals surface area contributed by atoms with E-state index in [9.17, 15) is 10.1 Å². The summed E-state index contributed by atoms with van der Waals surface area (Å²) < 4.78 is 0. The summed E-state index contributed by atoms with van der Waals surface area (Å²) in [6, 6.07) is 1.64. The number of nitrogens with one attached hydrogen (secondary N) is 1. The highest BCUT2D eigenvalue weighted by Crippen LogP contribution is 2.35. The molecule has 1 heterocycles. The molecule has 0 unspecified atom stereocenters. The Morgan fingerprint density at radius 3 is 2.93 bits per heavy atom. The molecule has 1 aromatic rings. The van der Waals surface area contributed by atoms with Crippen LogP contribution in [-0.4, -0.2) is 10.5 Å². The smallest absolute Gasteiger partial charge is 0.307 e. The zero-order chi connectivity index (χ0) is 10.2. The molecule has 1 N–H and O–H groups in total. The van der Waals surface area contributed by atoms with Crippen molar-refractivity contribution in [1.29, 1.82) is 0 Å². The standard InChI is InChI=1S/C9H12N2O2S/c1-9(2-3-9)10-5-7-4-8(11(12)13)14-6-7/h4,6,10H,2-3,5H2,1H3. The van der Waals surface area contributed by atoms with Gasteiger partial charge in [-0.15, -0.1) is 0 Å². The average Bonchev–Trinajstić information content (AvgIpc) is 2.68. The Labute approximate surface area is 86.1 Å². The average molecular weight is 212 g/mol. The van der Waals surface area contributed by atoms with Gasteiger partial charge in [-0.3, -0.25) is 10.1 Å². The van der Waals surface area contributed by atoms with Gasteiger partial charge in [0.15, 0.2) is 0 Å². The fourth-order valence-corrected chi connectivity index (χ4v) is 1.96. The minimum absolute atomic E-state index is 0.225. The molecule has 0 spiro atoms. The highest BCUT2D eigenvalue weighted by atomic mass is 32.1. The summed E-state index contributed by atoms with van der Waals surface area (Å²) >= 11 is 1.19. The topological polar surface area (TPSA) is 55.2 Å². The first-order chi connectivity index (χ1) is 6.59. The second-order valence-electron chi connectivity index (χ2n) is 3.96. The summed E-state index contributed by atoms with van der Waals surface area (Å²) in [6.45, 7) is 2.91. The molecule has 1 aromatic heterocycles. The lowest BCUT2D eigenvalue weighted by molar-refractivity contribution is -0.380. The van der Waals surface area contributed by atoms with Crippen LogP contribution in [0, 0.1) is 10.1 Å². The van der Waals surface area contributed by atoms with Crippen molar-refractivity contribution in [2.24, 2.45) is 0 Å². The van der Waals surface area contributed by atoms with Crippen molar-refractivity contribution in [2.45, 2.75) is 31.8 Å². The molecule has 0 radical (unpaired) electrons. The molecule has 2 rings (SSSR count). The van der Waals surface area contributed by atoms with Crippen LogP contribution in [-0.2, 0) is 6.54 Å². The third-order valence-electron chi connectivity index (χ3n) is 2.54.